The van der Waals surface area contributed by atoms with E-state index in [4.69, 9.17) is 17.3 Å². The molecule has 0 saturated carbocycles. The minimum absolute atomic E-state index is 0.245. The molecule has 0 aliphatic heterocycles. The van der Waals surface area contributed by atoms with E-state index in [0.29, 0.717) is 10.0 Å². The second-order valence-electron chi connectivity index (χ2n) is 2.21. The highest BCUT2D eigenvalue weighted by molar-refractivity contribution is 6.30. The monoisotopic (exact) mass is 199 g/mol. The number of amides is 2. The summed E-state index contributed by atoms with van der Waals surface area (Å²) >= 11 is 5.63. The molecule has 13 heavy (non-hydrogen) atoms. The van der Waals surface area contributed by atoms with E-state index in [2.05, 4.69) is 5.29 Å². The SMILES string of the molecule is NC(=O)N(N=O)c1cccc(Cl)c1. The molecule has 0 saturated heterocycles. The van der Waals surface area contributed by atoms with Crippen LogP contribution in [0.5, 0.6) is 0 Å². The van der Waals surface area contributed by atoms with Crippen LogP contribution in [-0.2, 0) is 0 Å². The molecule has 0 aliphatic carbocycles. The summed E-state index contributed by atoms with van der Waals surface area (Å²) in [6.07, 6.45) is 0. The van der Waals surface area contributed by atoms with Crippen LogP contribution in [0.3, 0.4) is 0 Å². The number of anilines is 1. The molecule has 0 bridgehead atoms. The fourth-order valence-corrected chi connectivity index (χ4v) is 1.01. The van der Waals surface area contributed by atoms with E-state index >= 15 is 0 Å². The maximum atomic E-state index is 10.7. The predicted octanol–water partition coefficient (Wildman–Crippen LogP) is 1.91. The van der Waals surface area contributed by atoms with E-state index in [0.717, 1.165) is 0 Å². The van der Waals surface area contributed by atoms with Crippen LogP contribution >= 0.6 is 11.6 Å². The van der Waals surface area contributed by atoms with Gasteiger partial charge in [-0.05, 0) is 18.2 Å². The second-order valence-corrected chi connectivity index (χ2v) is 2.65. The molecule has 5 nitrogen and oxygen atoms in total. The van der Waals surface area contributed by atoms with Crippen molar-refractivity contribution in [2.45, 2.75) is 0 Å². The average Bonchev–Trinajstić information content (AvgIpc) is 2.04. The van der Waals surface area contributed by atoms with Crippen molar-refractivity contribution in [1.82, 2.24) is 0 Å². The third-order valence-electron chi connectivity index (χ3n) is 1.34. The van der Waals surface area contributed by atoms with Gasteiger partial charge in [0.1, 0.15) is 0 Å². The zero-order chi connectivity index (χ0) is 9.84. The molecule has 0 radical (unpaired) electrons. The number of nitroso groups, excluding NO2 is 1. The van der Waals surface area contributed by atoms with Crippen LogP contribution in [0.4, 0.5) is 10.5 Å². The molecule has 2 amide bonds. The van der Waals surface area contributed by atoms with Crippen molar-refractivity contribution in [3.8, 4) is 0 Å². The summed E-state index contributed by atoms with van der Waals surface area (Å²) in [5.74, 6) is 0. The summed E-state index contributed by atoms with van der Waals surface area (Å²) in [4.78, 5) is 20.8. The van der Waals surface area contributed by atoms with Crippen molar-refractivity contribution >= 4 is 23.3 Å². The van der Waals surface area contributed by atoms with Crippen molar-refractivity contribution in [3.05, 3.63) is 34.2 Å². The molecular formula is C7H6ClN3O2. The van der Waals surface area contributed by atoms with Gasteiger partial charge in [0.2, 0.25) is 0 Å². The lowest BCUT2D eigenvalue weighted by atomic mass is 10.3. The van der Waals surface area contributed by atoms with Crippen molar-refractivity contribution in [2.24, 2.45) is 11.0 Å². The first-order chi connectivity index (χ1) is 6.15. The zero-order valence-electron chi connectivity index (χ0n) is 6.48. The number of benzene rings is 1. The molecular weight excluding hydrogens is 194 g/mol. The minimum atomic E-state index is -0.947. The van der Waals surface area contributed by atoms with Crippen LogP contribution in [0, 0.1) is 4.91 Å². The topological polar surface area (TPSA) is 75.8 Å². The number of rotatable bonds is 2. The van der Waals surface area contributed by atoms with E-state index < -0.39 is 6.03 Å². The highest BCUT2D eigenvalue weighted by Crippen LogP contribution is 2.19. The number of hydrogen-bond donors (Lipinski definition) is 1. The first kappa shape index (κ1) is 9.47. The Hall–Kier alpha value is -1.62. The summed E-state index contributed by atoms with van der Waals surface area (Å²) in [7, 11) is 0. The zero-order valence-corrected chi connectivity index (χ0v) is 7.23. The lowest BCUT2D eigenvalue weighted by Crippen LogP contribution is -2.30. The lowest BCUT2D eigenvalue weighted by molar-refractivity contribution is 0.254. The molecule has 0 spiro atoms. The quantitative estimate of drug-likeness (QED) is 0.584. The second kappa shape index (κ2) is 3.86. The van der Waals surface area contributed by atoms with E-state index in [1.165, 1.54) is 12.1 Å². The largest absolute Gasteiger partial charge is 0.350 e. The Morgan fingerprint density at radius 1 is 1.54 bits per heavy atom. The molecule has 68 valence electrons. The van der Waals surface area contributed by atoms with Crippen LogP contribution < -0.4 is 10.7 Å². The van der Waals surface area contributed by atoms with Gasteiger partial charge in [0.05, 0.1) is 11.0 Å². The molecule has 0 fully saturated rings. The van der Waals surface area contributed by atoms with Gasteiger partial charge >= 0.3 is 6.03 Å². The normalized spacial score (nSPS) is 9.31. The van der Waals surface area contributed by atoms with Gasteiger partial charge < -0.3 is 5.73 Å². The fourth-order valence-electron chi connectivity index (χ4n) is 0.822. The fraction of sp³-hybridized carbons (Fsp3) is 0. The van der Waals surface area contributed by atoms with Crippen LogP contribution in [0.25, 0.3) is 0 Å². The van der Waals surface area contributed by atoms with E-state index in [-0.39, 0.29) is 5.69 Å². The summed E-state index contributed by atoms with van der Waals surface area (Å²) in [6.45, 7) is 0. The third-order valence-corrected chi connectivity index (χ3v) is 1.58. The number of carbonyl (C=O) groups is 1. The van der Waals surface area contributed by atoms with Gasteiger partial charge in [-0.3, -0.25) is 0 Å². The summed E-state index contributed by atoms with van der Waals surface area (Å²) in [5.41, 5.74) is 5.12. The number of nitrogens with zero attached hydrogens (tertiary/aromatic N) is 2. The van der Waals surface area contributed by atoms with Gasteiger partial charge in [-0.1, -0.05) is 17.7 Å². The van der Waals surface area contributed by atoms with Crippen LogP contribution in [0.1, 0.15) is 0 Å². The maximum Gasteiger partial charge on any atom is 0.342 e. The Balaban J connectivity index is 3.04. The lowest BCUT2D eigenvalue weighted by Gasteiger charge is -2.09. The first-order valence-corrected chi connectivity index (χ1v) is 3.71. The van der Waals surface area contributed by atoms with E-state index in [1.807, 2.05) is 0 Å². The third kappa shape index (κ3) is 2.16. The molecule has 0 atom stereocenters. The van der Waals surface area contributed by atoms with Crippen molar-refractivity contribution in [3.63, 3.8) is 0 Å². The van der Waals surface area contributed by atoms with Gasteiger partial charge in [0.15, 0.2) is 0 Å². The van der Waals surface area contributed by atoms with E-state index in [9.17, 15) is 9.70 Å². The van der Waals surface area contributed by atoms with Gasteiger partial charge in [-0.2, -0.15) is 0 Å². The smallest absolute Gasteiger partial charge is 0.342 e. The van der Waals surface area contributed by atoms with Gasteiger partial charge in [0, 0.05) is 5.02 Å². The van der Waals surface area contributed by atoms with Crippen LogP contribution in [0.15, 0.2) is 29.6 Å². The number of hydrogen-bond acceptors (Lipinski definition) is 3. The maximum absolute atomic E-state index is 10.7. The summed E-state index contributed by atoms with van der Waals surface area (Å²) in [6, 6.07) is 5.15. The van der Waals surface area contributed by atoms with Gasteiger partial charge in [-0.25, -0.2) is 4.79 Å². The Bertz CT molecular complexity index is 342. The highest BCUT2D eigenvalue weighted by atomic mass is 35.5. The average molecular weight is 200 g/mol. The molecule has 1 rings (SSSR count). The first-order valence-electron chi connectivity index (χ1n) is 3.33. The summed E-state index contributed by atoms with van der Waals surface area (Å²) in [5, 5.41) is 3.36. The van der Waals surface area contributed by atoms with Crippen molar-refractivity contribution in [1.29, 1.82) is 0 Å². The number of primary amides is 1. The number of carbonyl (C=O) groups excluding carboxylic acids is 1. The number of nitrogens with two attached hydrogens (primary N) is 1. The van der Waals surface area contributed by atoms with Gasteiger partial charge in [-0.15, -0.1) is 9.92 Å². The molecule has 1 aromatic carbocycles. The number of halogens is 1. The standard InChI is InChI=1S/C7H6ClN3O2/c8-5-2-1-3-6(4-5)11(10-13)7(9)12/h1-4H,(H2,9,12). The Labute approximate surface area is 79.0 Å². The minimum Gasteiger partial charge on any atom is -0.350 e. The summed E-state index contributed by atoms with van der Waals surface area (Å²) < 4.78 is 0. The molecule has 0 heterocycles. The Morgan fingerprint density at radius 2 is 2.23 bits per heavy atom. The predicted molar refractivity (Wildman–Crippen MR) is 49.3 cm³/mol. The van der Waals surface area contributed by atoms with Crippen molar-refractivity contribution < 1.29 is 4.79 Å². The molecule has 2 N–H and O–H groups in total. The van der Waals surface area contributed by atoms with Gasteiger partial charge in [0.25, 0.3) is 0 Å². The number of urea groups is 1. The molecule has 0 unspecified atom stereocenters. The highest BCUT2D eigenvalue weighted by Gasteiger charge is 2.12. The van der Waals surface area contributed by atoms with Crippen LogP contribution in [0.2, 0.25) is 5.02 Å². The molecule has 6 heteroatoms. The Morgan fingerprint density at radius 3 is 2.69 bits per heavy atom. The molecule has 1 aromatic rings. The molecule has 0 aromatic heterocycles. The van der Waals surface area contributed by atoms with Crippen molar-refractivity contribution in [2.75, 3.05) is 5.01 Å². The Kier molecular flexibility index (Phi) is 2.81. The van der Waals surface area contributed by atoms with E-state index in [1.54, 1.807) is 12.1 Å². The van der Waals surface area contributed by atoms with Crippen LogP contribution in [-0.4, -0.2) is 6.03 Å². The molecule has 0 aliphatic rings.